The molecule has 0 bridgehead atoms. The van der Waals surface area contributed by atoms with Gasteiger partial charge in [-0.1, -0.05) is 25.7 Å². The second-order valence-electron chi connectivity index (χ2n) is 6.86. The van der Waals surface area contributed by atoms with E-state index in [1.807, 2.05) is 0 Å². The molecular weight excluding hydrogens is 290 g/mol. The lowest BCUT2D eigenvalue weighted by molar-refractivity contribution is 0.0920. The van der Waals surface area contributed by atoms with Crippen LogP contribution in [-0.4, -0.2) is 52.7 Å². The van der Waals surface area contributed by atoms with Crippen molar-refractivity contribution in [2.45, 2.75) is 50.6 Å². The van der Waals surface area contributed by atoms with Crippen LogP contribution in [0.5, 0.6) is 0 Å². The fourth-order valence-electron chi connectivity index (χ4n) is 3.92. The summed E-state index contributed by atoms with van der Waals surface area (Å²) in [6.07, 6.45) is 11.0. The molecule has 1 saturated carbocycles. The van der Waals surface area contributed by atoms with Crippen molar-refractivity contribution in [2.75, 3.05) is 19.7 Å². The maximum Gasteiger partial charge on any atom is 0.253 e. The van der Waals surface area contributed by atoms with Gasteiger partial charge in [-0.15, -0.1) is 0 Å². The average molecular weight is 317 g/mol. The number of aromatic nitrogens is 1. The molecule has 1 aliphatic heterocycles. The summed E-state index contributed by atoms with van der Waals surface area (Å²) in [5.41, 5.74) is 0.581. The molecule has 1 aliphatic carbocycles. The van der Waals surface area contributed by atoms with Crippen LogP contribution in [0.25, 0.3) is 0 Å². The Labute approximate surface area is 138 Å². The van der Waals surface area contributed by atoms with E-state index in [-0.39, 0.29) is 24.5 Å². The summed E-state index contributed by atoms with van der Waals surface area (Å²) in [4.78, 5) is 18.8. The van der Waals surface area contributed by atoms with E-state index in [1.54, 1.807) is 24.5 Å². The fraction of sp³-hybridized carbons (Fsp3) is 0.667. The minimum atomic E-state index is -0.0933. The predicted molar refractivity (Wildman–Crippen MR) is 89.1 cm³/mol. The number of hydrogen-bond donors (Lipinski definition) is 2. The molecule has 3 rings (SSSR count). The Morgan fingerprint density at radius 3 is 2.70 bits per heavy atom. The van der Waals surface area contributed by atoms with Gasteiger partial charge in [-0.05, 0) is 25.0 Å². The maximum absolute atomic E-state index is 12.3. The third-order valence-electron chi connectivity index (χ3n) is 5.29. The predicted octanol–water partition coefficient (Wildman–Crippen LogP) is 1.83. The molecule has 2 fully saturated rings. The zero-order valence-electron chi connectivity index (χ0n) is 13.7. The Kier molecular flexibility index (Phi) is 5.62. The number of rotatable bonds is 4. The van der Waals surface area contributed by atoms with Gasteiger partial charge in [0.25, 0.3) is 5.91 Å². The minimum Gasteiger partial charge on any atom is -0.396 e. The Balaban J connectivity index is 1.61. The highest BCUT2D eigenvalue weighted by Gasteiger charge is 2.36. The van der Waals surface area contributed by atoms with Crippen LogP contribution in [0.3, 0.4) is 0 Å². The second-order valence-corrected chi connectivity index (χ2v) is 6.86. The minimum absolute atomic E-state index is 0.0240. The van der Waals surface area contributed by atoms with Crippen LogP contribution in [0.15, 0.2) is 24.5 Å². The van der Waals surface area contributed by atoms with Gasteiger partial charge in [-0.25, -0.2) is 0 Å². The number of likely N-dealkylation sites (tertiary alicyclic amines) is 1. The fourth-order valence-corrected chi connectivity index (χ4v) is 3.92. The molecule has 23 heavy (non-hydrogen) atoms. The molecule has 2 atom stereocenters. The van der Waals surface area contributed by atoms with Gasteiger partial charge in [0.15, 0.2) is 0 Å². The van der Waals surface area contributed by atoms with Gasteiger partial charge in [0, 0.05) is 50.1 Å². The lowest BCUT2D eigenvalue weighted by Crippen LogP contribution is -2.42. The summed E-state index contributed by atoms with van der Waals surface area (Å²) in [6, 6.07) is 4.18. The SMILES string of the molecule is O=C(N[C@@H]1CN(C2CCCCCC2)C[C@H]1CO)c1cccnc1. The number of carbonyl (C=O) groups is 1. The third-order valence-corrected chi connectivity index (χ3v) is 5.29. The molecule has 0 unspecified atom stereocenters. The number of pyridine rings is 1. The number of hydrogen-bond acceptors (Lipinski definition) is 4. The number of aliphatic hydroxyl groups is 1. The van der Waals surface area contributed by atoms with Gasteiger partial charge in [0.2, 0.25) is 0 Å². The Hall–Kier alpha value is -1.46. The van der Waals surface area contributed by atoms with Crippen LogP contribution in [-0.2, 0) is 0 Å². The number of amides is 1. The average Bonchev–Trinajstić information content (AvgIpc) is 2.81. The summed E-state index contributed by atoms with van der Waals surface area (Å²) < 4.78 is 0. The largest absolute Gasteiger partial charge is 0.396 e. The lowest BCUT2D eigenvalue weighted by atomic mass is 10.0. The topological polar surface area (TPSA) is 65.5 Å². The summed E-state index contributed by atoms with van der Waals surface area (Å²) >= 11 is 0. The molecule has 0 aromatic carbocycles. The summed E-state index contributed by atoms with van der Waals surface area (Å²) in [7, 11) is 0. The first kappa shape index (κ1) is 16.4. The van der Waals surface area contributed by atoms with Crippen LogP contribution < -0.4 is 5.32 Å². The number of nitrogens with one attached hydrogen (secondary N) is 1. The lowest BCUT2D eigenvalue weighted by Gasteiger charge is -2.26. The molecule has 0 radical (unpaired) electrons. The maximum atomic E-state index is 12.3. The van der Waals surface area contributed by atoms with Gasteiger partial charge >= 0.3 is 0 Å². The van der Waals surface area contributed by atoms with Crippen LogP contribution in [0.2, 0.25) is 0 Å². The molecule has 5 nitrogen and oxygen atoms in total. The summed E-state index contributed by atoms with van der Waals surface area (Å²) in [5.74, 6) is 0.0307. The normalized spacial score (nSPS) is 26.8. The third kappa shape index (κ3) is 4.09. The monoisotopic (exact) mass is 317 g/mol. The molecule has 1 aromatic heterocycles. The first-order valence-corrected chi connectivity index (χ1v) is 8.83. The van der Waals surface area contributed by atoms with Gasteiger partial charge in [0.05, 0.1) is 5.56 Å². The van der Waals surface area contributed by atoms with Gasteiger partial charge in [0.1, 0.15) is 0 Å². The zero-order chi connectivity index (χ0) is 16.1. The van der Waals surface area contributed by atoms with Crippen molar-refractivity contribution in [3.63, 3.8) is 0 Å². The van der Waals surface area contributed by atoms with Crippen molar-refractivity contribution >= 4 is 5.91 Å². The molecule has 2 aliphatic rings. The van der Waals surface area contributed by atoms with Crippen molar-refractivity contribution in [3.05, 3.63) is 30.1 Å². The summed E-state index contributed by atoms with van der Waals surface area (Å²) in [6.45, 7) is 1.86. The molecule has 0 spiro atoms. The quantitative estimate of drug-likeness (QED) is 0.832. The van der Waals surface area contributed by atoms with Crippen molar-refractivity contribution < 1.29 is 9.90 Å². The van der Waals surface area contributed by atoms with Crippen molar-refractivity contribution in [1.29, 1.82) is 0 Å². The number of nitrogens with zero attached hydrogens (tertiary/aromatic N) is 2. The summed E-state index contributed by atoms with van der Waals surface area (Å²) in [5, 5.41) is 12.8. The van der Waals surface area contributed by atoms with E-state index in [1.165, 1.54) is 38.5 Å². The molecule has 1 saturated heterocycles. The number of aliphatic hydroxyl groups excluding tert-OH is 1. The zero-order valence-corrected chi connectivity index (χ0v) is 13.7. The van der Waals surface area contributed by atoms with E-state index in [0.717, 1.165) is 13.1 Å². The van der Waals surface area contributed by atoms with Crippen LogP contribution in [0, 0.1) is 5.92 Å². The molecule has 126 valence electrons. The highest BCUT2D eigenvalue weighted by Crippen LogP contribution is 2.27. The van der Waals surface area contributed by atoms with Gasteiger partial charge in [-0.2, -0.15) is 0 Å². The van der Waals surface area contributed by atoms with Crippen molar-refractivity contribution in [3.8, 4) is 0 Å². The van der Waals surface area contributed by atoms with Gasteiger partial charge in [-0.3, -0.25) is 14.7 Å². The molecule has 2 N–H and O–H groups in total. The Bertz CT molecular complexity index is 500. The van der Waals surface area contributed by atoms with E-state index in [2.05, 4.69) is 15.2 Å². The highest BCUT2D eigenvalue weighted by molar-refractivity contribution is 5.94. The van der Waals surface area contributed by atoms with Gasteiger partial charge < -0.3 is 10.4 Å². The smallest absolute Gasteiger partial charge is 0.253 e. The van der Waals surface area contributed by atoms with Crippen molar-refractivity contribution in [2.24, 2.45) is 5.92 Å². The first-order valence-electron chi connectivity index (χ1n) is 8.83. The molecule has 1 amide bonds. The van der Waals surface area contributed by atoms with E-state index < -0.39 is 0 Å². The second kappa shape index (κ2) is 7.88. The van der Waals surface area contributed by atoms with Crippen LogP contribution >= 0.6 is 0 Å². The molecule has 5 heteroatoms. The standard InChI is InChI=1S/C18H27N3O2/c22-13-15-11-21(16-7-3-1-2-4-8-16)12-17(15)20-18(23)14-6-5-9-19-10-14/h5-6,9-10,15-17,22H,1-4,7-8,11-13H2,(H,20,23)/t15-,17+/m0/s1. The highest BCUT2D eigenvalue weighted by atomic mass is 16.3. The first-order chi connectivity index (χ1) is 11.3. The van der Waals surface area contributed by atoms with Crippen molar-refractivity contribution in [1.82, 2.24) is 15.2 Å². The Morgan fingerprint density at radius 1 is 1.26 bits per heavy atom. The van der Waals surface area contributed by atoms with E-state index in [0.29, 0.717) is 11.6 Å². The van der Waals surface area contributed by atoms with E-state index >= 15 is 0 Å². The van der Waals surface area contributed by atoms with E-state index in [4.69, 9.17) is 0 Å². The number of carbonyl (C=O) groups excluding carboxylic acids is 1. The molecule has 2 heterocycles. The Morgan fingerprint density at radius 2 is 2.04 bits per heavy atom. The van der Waals surface area contributed by atoms with Crippen LogP contribution in [0.1, 0.15) is 48.9 Å². The molecular formula is C18H27N3O2. The van der Waals surface area contributed by atoms with Crippen LogP contribution in [0.4, 0.5) is 0 Å². The molecule has 1 aromatic rings. The van der Waals surface area contributed by atoms with E-state index in [9.17, 15) is 9.90 Å².